The zero-order valence-electron chi connectivity index (χ0n) is 12.8. The van der Waals surface area contributed by atoms with E-state index in [4.69, 9.17) is 9.26 Å². The molecule has 0 saturated carbocycles. The maximum Gasteiger partial charge on any atom is 0.174 e. The molecule has 118 valence electrons. The molecule has 0 aliphatic carbocycles. The predicted octanol–water partition coefficient (Wildman–Crippen LogP) is 5.68. The van der Waals surface area contributed by atoms with Gasteiger partial charge in [0.25, 0.3) is 0 Å². The van der Waals surface area contributed by atoms with Gasteiger partial charge in [0.05, 0.1) is 3.57 Å². The van der Waals surface area contributed by atoms with E-state index < -0.39 is 0 Å². The molecule has 3 aromatic carbocycles. The molecule has 0 N–H and O–H groups in total. The summed E-state index contributed by atoms with van der Waals surface area (Å²) in [5.74, 6) is 1.56. The third kappa shape index (κ3) is 3.14. The summed E-state index contributed by atoms with van der Waals surface area (Å²) < 4.78 is 12.3. The van der Waals surface area contributed by atoms with Crippen LogP contribution in [0.2, 0.25) is 0 Å². The number of nitrogens with zero attached hydrogens (tertiary/aromatic N) is 1. The first kappa shape index (κ1) is 15.2. The number of rotatable bonds is 4. The van der Waals surface area contributed by atoms with Crippen molar-refractivity contribution in [3.8, 4) is 17.0 Å². The van der Waals surface area contributed by atoms with E-state index in [1.54, 1.807) is 0 Å². The average molecular weight is 427 g/mol. The first-order valence-electron chi connectivity index (χ1n) is 7.62. The SMILES string of the molecule is Ic1ccccc1OCc1cc(-c2ccc3ccccc3c2)no1. The van der Waals surface area contributed by atoms with Crippen molar-refractivity contribution < 1.29 is 9.26 Å². The first-order valence-corrected chi connectivity index (χ1v) is 8.69. The summed E-state index contributed by atoms with van der Waals surface area (Å²) in [5.41, 5.74) is 1.86. The number of para-hydroxylation sites is 1. The molecular weight excluding hydrogens is 413 g/mol. The number of benzene rings is 3. The van der Waals surface area contributed by atoms with Crippen molar-refractivity contribution in [2.75, 3.05) is 0 Å². The van der Waals surface area contributed by atoms with Crippen LogP contribution in [-0.2, 0) is 6.61 Å². The summed E-state index contributed by atoms with van der Waals surface area (Å²) in [6.07, 6.45) is 0. The normalized spacial score (nSPS) is 10.9. The van der Waals surface area contributed by atoms with Gasteiger partial charge in [0.15, 0.2) is 5.76 Å². The summed E-state index contributed by atoms with van der Waals surface area (Å²) in [4.78, 5) is 0. The Labute approximate surface area is 153 Å². The molecule has 4 heteroatoms. The van der Waals surface area contributed by atoms with Gasteiger partial charge in [-0.3, -0.25) is 0 Å². The zero-order chi connectivity index (χ0) is 16.4. The lowest BCUT2D eigenvalue weighted by atomic mass is 10.1. The van der Waals surface area contributed by atoms with Crippen molar-refractivity contribution in [2.45, 2.75) is 6.61 Å². The van der Waals surface area contributed by atoms with Gasteiger partial charge in [0.1, 0.15) is 18.1 Å². The fraction of sp³-hybridized carbons (Fsp3) is 0.0500. The molecule has 0 amide bonds. The van der Waals surface area contributed by atoms with Crippen LogP contribution in [0, 0.1) is 3.57 Å². The van der Waals surface area contributed by atoms with E-state index in [1.165, 1.54) is 10.8 Å². The van der Waals surface area contributed by atoms with Crippen LogP contribution in [0.15, 0.2) is 77.3 Å². The van der Waals surface area contributed by atoms with Gasteiger partial charge in [-0.2, -0.15) is 0 Å². The number of fused-ring (bicyclic) bond motifs is 1. The second-order valence-electron chi connectivity index (χ2n) is 5.46. The summed E-state index contributed by atoms with van der Waals surface area (Å²) in [7, 11) is 0. The van der Waals surface area contributed by atoms with E-state index in [2.05, 4.69) is 58.1 Å². The van der Waals surface area contributed by atoms with Gasteiger partial charge in [-0.1, -0.05) is 53.7 Å². The lowest BCUT2D eigenvalue weighted by molar-refractivity contribution is 0.248. The molecule has 4 aromatic rings. The fourth-order valence-corrected chi connectivity index (χ4v) is 3.12. The largest absolute Gasteiger partial charge is 0.484 e. The van der Waals surface area contributed by atoms with Gasteiger partial charge in [0, 0.05) is 11.6 Å². The van der Waals surface area contributed by atoms with Gasteiger partial charge in [-0.25, -0.2) is 0 Å². The number of halogens is 1. The Balaban J connectivity index is 1.54. The standard InChI is InChI=1S/C20H14INO2/c21-18-7-3-4-8-20(18)23-13-17-12-19(22-24-17)16-10-9-14-5-1-2-6-15(14)11-16/h1-12H,13H2. The number of aromatic nitrogens is 1. The Morgan fingerprint density at radius 2 is 1.67 bits per heavy atom. The summed E-state index contributed by atoms with van der Waals surface area (Å²) in [6.45, 7) is 0.362. The van der Waals surface area contributed by atoms with Crippen LogP contribution in [0.25, 0.3) is 22.0 Å². The van der Waals surface area contributed by atoms with Crippen LogP contribution < -0.4 is 4.74 Å². The highest BCUT2D eigenvalue weighted by molar-refractivity contribution is 14.1. The van der Waals surface area contributed by atoms with Gasteiger partial charge in [-0.15, -0.1) is 0 Å². The Bertz CT molecular complexity index is 994. The van der Waals surface area contributed by atoms with E-state index >= 15 is 0 Å². The summed E-state index contributed by atoms with van der Waals surface area (Å²) in [6, 6.07) is 24.4. The lowest BCUT2D eigenvalue weighted by Gasteiger charge is -2.05. The monoisotopic (exact) mass is 427 g/mol. The molecule has 0 saturated heterocycles. The van der Waals surface area contributed by atoms with Gasteiger partial charge in [0.2, 0.25) is 0 Å². The minimum Gasteiger partial charge on any atom is -0.484 e. The molecule has 0 radical (unpaired) electrons. The smallest absolute Gasteiger partial charge is 0.174 e. The molecule has 0 aliphatic heterocycles. The molecule has 24 heavy (non-hydrogen) atoms. The Kier molecular flexibility index (Phi) is 4.21. The van der Waals surface area contributed by atoms with Crippen molar-refractivity contribution in [1.29, 1.82) is 0 Å². The highest BCUT2D eigenvalue weighted by Crippen LogP contribution is 2.25. The third-order valence-electron chi connectivity index (χ3n) is 3.81. The Hall–Kier alpha value is -2.34. The Morgan fingerprint density at radius 3 is 2.54 bits per heavy atom. The van der Waals surface area contributed by atoms with Gasteiger partial charge in [-0.05, 0) is 51.6 Å². The van der Waals surface area contributed by atoms with E-state index in [1.807, 2.05) is 42.5 Å². The molecule has 1 heterocycles. The lowest BCUT2D eigenvalue weighted by Crippen LogP contribution is -1.95. The first-order chi connectivity index (χ1) is 11.8. The van der Waals surface area contributed by atoms with Crippen LogP contribution in [-0.4, -0.2) is 5.16 Å². The maximum absolute atomic E-state index is 5.80. The average Bonchev–Trinajstić information content (AvgIpc) is 3.10. The van der Waals surface area contributed by atoms with E-state index in [-0.39, 0.29) is 0 Å². The topological polar surface area (TPSA) is 35.3 Å². The second kappa shape index (κ2) is 6.65. The van der Waals surface area contributed by atoms with E-state index in [0.717, 1.165) is 20.6 Å². The van der Waals surface area contributed by atoms with Crippen molar-refractivity contribution in [2.24, 2.45) is 0 Å². The van der Waals surface area contributed by atoms with Crippen LogP contribution in [0.5, 0.6) is 5.75 Å². The highest BCUT2D eigenvalue weighted by atomic mass is 127. The molecule has 3 nitrogen and oxygen atoms in total. The van der Waals surface area contributed by atoms with Crippen molar-refractivity contribution in [3.63, 3.8) is 0 Å². The number of hydrogen-bond donors (Lipinski definition) is 0. The molecule has 0 atom stereocenters. The minimum absolute atomic E-state index is 0.362. The van der Waals surface area contributed by atoms with Crippen molar-refractivity contribution >= 4 is 33.4 Å². The molecule has 0 aliphatic rings. The van der Waals surface area contributed by atoms with Crippen LogP contribution in [0.3, 0.4) is 0 Å². The van der Waals surface area contributed by atoms with Crippen LogP contribution in [0.4, 0.5) is 0 Å². The molecule has 1 aromatic heterocycles. The maximum atomic E-state index is 5.80. The second-order valence-corrected chi connectivity index (χ2v) is 6.62. The van der Waals surface area contributed by atoms with Crippen LogP contribution >= 0.6 is 22.6 Å². The molecular formula is C20H14INO2. The quantitative estimate of drug-likeness (QED) is 0.393. The predicted molar refractivity (Wildman–Crippen MR) is 103 cm³/mol. The van der Waals surface area contributed by atoms with E-state index in [0.29, 0.717) is 12.4 Å². The van der Waals surface area contributed by atoms with Gasteiger partial charge < -0.3 is 9.26 Å². The summed E-state index contributed by atoms with van der Waals surface area (Å²) >= 11 is 2.25. The third-order valence-corrected chi connectivity index (χ3v) is 4.70. The zero-order valence-corrected chi connectivity index (χ0v) is 14.9. The van der Waals surface area contributed by atoms with Crippen molar-refractivity contribution in [1.82, 2.24) is 5.16 Å². The van der Waals surface area contributed by atoms with Crippen molar-refractivity contribution in [3.05, 3.63) is 82.1 Å². The molecule has 0 fully saturated rings. The van der Waals surface area contributed by atoms with E-state index in [9.17, 15) is 0 Å². The Morgan fingerprint density at radius 1 is 0.875 bits per heavy atom. The van der Waals surface area contributed by atoms with Gasteiger partial charge >= 0.3 is 0 Å². The highest BCUT2D eigenvalue weighted by Gasteiger charge is 2.09. The molecule has 4 rings (SSSR count). The number of ether oxygens (including phenoxy) is 1. The molecule has 0 bridgehead atoms. The fourth-order valence-electron chi connectivity index (χ4n) is 2.58. The molecule has 0 unspecified atom stereocenters. The summed E-state index contributed by atoms with van der Waals surface area (Å²) in [5, 5.41) is 6.58. The van der Waals surface area contributed by atoms with Crippen LogP contribution in [0.1, 0.15) is 5.76 Å². The minimum atomic E-state index is 0.362. The number of hydrogen-bond acceptors (Lipinski definition) is 3. The molecule has 0 spiro atoms.